The Labute approximate surface area is 117 Å². The fourth-order valence-corrected chi connectivity index (χ4v) is 2.66. The molecule has 6 atom stereocenters. The highest BCUT2D eigenvalue weighted by Crippen LogP contribution is 2.32. The lowest BCUT2D eigenvalue weighted by Gasteiger charge is -2.47. The molecular formula is C14H20N2O4. The van der Waals surface area contributed by atoms with Gasteiger partial charge >= 0.3 is 0 Å². The maximum atomic E-state index is 6.17. The van der Waals surface area contributed by atoms with E-state index in [1.54, 1.807) is 7.11 Å². The van der Waals surface area contributed by atoms with Crippen LogP contribution in [0.5, 0.6) is 0 Å². The zero-order valence-corrected chi connectivity index (χ0v) is 11.3. The first-order valence-electron chi connectivity index (χ1n) is 6.72. The van der Waals surface area contributed by atoms with E-state index in [9.17, 15) is 0 Å². The van der Waals surface area contributed by atoms with Crippen LogP contribution in [0.2, 0.25) is 0 Å². The molecule has 6 heteroatoms. The molecule has 0 bridgehead atoms. The van der Waals surface area contributed by atoms with Crippen LogP contribution in [0.15, 0.2) is 30.3 Å². The topological polar surface area (TPSA) is 89.0 Å². The molecule has 3 rings (SSSR count). The molecule has 110 valence electrons. The summed E-state index contributed by atoms with van der Waals surface area (Å²) in [5, 5.41) is 0. The van der Waals surface area contributed by atoms with Gasteiger partial charge in [-0.05, 0) is 0 Å². The molecule has 4 N–H and O–H groups in total. The van der Waals surface area contributed by atoms with Crippen LogP contribution in [0.3, 0.4) is 0 Å². The molecule has 0 spiro atoms. The van der Waals surface area contributed by atoms with Crippen molar-refractivity contribution in [2.75, 3.05) is 13.7 Å². The quantitative estimate of drug-likeness (QED) is 0.800. The summed E-state index contributed by atoms with van der Waals surface area (Å²) in [5.74, 6) is 0. The third-order valence-corrected chi connectivity index (χ3v) is 3.81. The molecule has 0 amide bonds. The van der Waals surface area contributed by atoms with Crippen molar-refractivity contribution in [3.05, 3.63) is 35.9 Å². The molecule has 1 aromatic carbocycles. The van der Waals surface area contributed by atoms with Crippen LogP contribution >= 0.6 is 0 Å². The Morgan fingerprint density at radius 2 is 1.85 bits per heavy atom. The molecule has 0 aromatic heterocycles. The van der Waals surface area contributed by atoms with Gasteiger partial charge in [-0.25, -0.2) is 0 Å². The van der Waals surface area contributed by atoms with Crippen molar-refractivity contribution in [2.45, 2.75) is 36.9 Å². The number of rotatable bonds is 2. The summed E-state index contributed by atoms with van der Waals surface area (Å²) in [7, 11) is 1.55. The van der Waals surface area contributed by atoms with Gasteiger partial charge < -0.3 is 30.4 Å². The average Bonchev–Trinajstić information content (AvgIpc) is 2.51. The Morgan fingerprint density at radius 1 is 1.10 bits per heavy atom. The van der Waals surface area contributed by atoms with Crippen molar-refractivity contribution in [3.8, 4) is 0 Å². The lowest BCUT2D eigenvalue weighted by molar-refractivity contribution is -0.321. The number of ether oxygens (including phenoxy) is 4. The van der Waals surface area contributed by atoms with Crippen LogP contribution in [0.1, 0.15) is 11.9 Å². The number of hydrogen-bond acceptors (Lipinski definition) is 6. The summed E-state index contributed by atoms with van der Waals surface area (Å²) in [4.78, 5) is 0. The van der Waals surface area contributed by atoms with Crippen LogP contribution in [0.4, 0.5) is 0 Å². The molecule has 2 fully saturated rings. The van der Waals surface area contributed by atoms with Gasteiger partial charge in [0.05, 0.1) is 18.7 Å². The zero-order valence-electron chi connectivity index (χ0n) is 11.3. The van der Waals surface area contributed by atoms with Gasteiger partial charge in [-0.2, -0.15) is 0 Å². The van der Waals surface area contributed by atoms with Gasteiger partial charge in [0.25, 0.3) is 0 Å². The van der Waals surface area contributed by atoms with E-state index < -0.39 is 18.6 Å². The molecule has 2 aliphatic rings. The van der Waals surface area contributed by atoms with Crippen LogP contribution in [0, 0.1) is 0 Å². The largest absolute Gasteiger partial charge is 0.354 e. The van der Waals surface area contributed by atoms with Crippen LogP contribution < -0.4 is 11.5 Å². The number of hydrogen-bond donors (Lipinski definition) is 2. The number of fused-ring (bicyclic) bond motifs is 1. The van der Waals surface area contributed by atoms with Crippen LogP contribution in [-0.4, -0.2) is 44.3 Å². The van der Waals surface area contributed by atoms with Gasteiger partial charge in [-0.3, -0.25) is 0 Å². The van der Waals surface area contributed by atoms with Gasteiger partial charge in [-0.15, -0.1) is 0 Å². The number of methoxy groups -OCH3 is 1. The lowest BCUT2D eigenvalue weighted by atomic mass is 9.94. The highest BCUT2D eigenvalue weighted by molar-refractivity contribution is 5.16. The van der Waals surface area contributed by atoms with Crippen molar-refractivity contribution < 1.29 is 18.9 Å². The minimum atomic E-state index is -0.522. The molecule has 0 radical (unpaired) electrons. The van der Waals surface area contributed by atoms with E-state index in [2.05, 4.69) is 0 Å². The van der Waals surface area contributed by atoms with E-state index in [0.29, 0.717) is 6.61 Å². The van der Waals surface area contributed by atoms with E-state index in [4.69, 9.17) is 30.4 Å². The molecule has 1 aromatic rings. The fraction of sp³-hybridized carbons (Fsp3) is 0.571. The number of nitrogens with two attached hydrogens (primary N) is 2. The summed E-state index contributed by atoms with van der Waals surface area (Å²) in [6.45, 7) is 0.407. The maximum absolute atomic E-state index is 6.17. The first-order valence-corrected chi connectivity index (χ1v) is 6.72. The first kappa shape index (κ1) is 13.9. The van der Waals surface area contributed by atoms with Gasteiger partial charge in [0, 0.05) is 12.7 Å². The second kappa shape index (κ2) is 5.77. The molecular weight excluding hydrogens is 260 g/mol. The van der Waals surface area contributed by atoms with Gasteiger partial charge in [0.1, 0.15) is 12.2 Å². The average molecular weight is 280 g/mol. The monoisotopic (exact) mass is 280 g/mol. The van der Waals surface area contributed by atoms with Gasteiger partial charge in [0.2, 0.25) is 0 Å². The van der Waals surface area contributed by atoms with Crippen LogP contribution in [0.25, 0.3) is 0 Å². The van der Waals surface area contributed by atoms with Crippen molar-refractivity contribution in [3.63, 3.8) is 0 Å². The van der Waals surface area contributed by atoms with E-state index >= 15 is 0 Å². The first-order chi connectivity index (χ1) is 9.70. The molecule has 6 nitrogen and oxygen atoms in total. The molecule has 2 aliphatic heterocycles. The third kappa shape index (κ3) is 2.46. The van der Waals surface area contributed by atoms with Crippen molar-refractivity contribution in [1.82, 2.24) is 0 Å². The summed E-state index contributed by atoms with van der Waals surface area (Å²) in [5.41, 5.74) is 13.2. The highest BCUT2D eigenvalue weighted by atomic mass is 16.7. The number of benzene rings is 1. The summed E-state index contributed by atoms with van der Waals surface area (Å²) < 4.78 is 22.6. The minimum Gasteiger partial charge on any atom is -0.354 e. The zero-order chi connectivity index (χ0) is 14.1. The Kier molecular flexibility index (Phi) is 4.02. The summed E-state index contributed by atoms with van der Waals surface area (Å²) >= 11 is 0. The summed E-state index contributed by atoms with van der Waals surface area (Å²) in [6.07, 6.45) is -1.50. The minimum absolute atomic E-state index is 0.255. The predicted molar refractivity (Wildman–Crippen MR) is 71.6 cm³/mol. The molecule has 2 heterocycles. The second-order valence-corrected chi connectivity index (χ2v) is 5.11. The smallest absolute Gasteiger partial charge is 0.184 e. The van der Waals surface area contributed by atoms with E-state index in [1.165, 1.54) is 0 Å². The molecule has 2 saturated heterocycles. The summed E-state index contributed by atoms with van der Waals surface area (Å²) in [6, 6.07) is 8.97. The SMILES string of the molecule is CO[C@H]1O[C@H]2CO[C@H](c3ccccc3)O[C@H]2[C@@H](N)[C@@H]1N. The Morgan fingerprint density at radius 3 is 2.55 bits per heavy atom. The third-order valence-electron chi connectivity index (χ3n) is 3.81. The van der Waals surface area contributed by atoms with Crippen molar-refractivity contribution in [2.24, 2.45) is 11.5 Å². The van der Waals surface area contributed by atoms with E-state index in [1.807, 2.05) is 30.3 Å². The standard InChI is InChI=1S/C14H20N2O4/c1-17-14-11(16)10(15)12-9(19-14)7-18-13(20-12)8-5-3-2-4-6-8/h2-6,9-14H,7,15-16H2,1H3/t9-,10-,11-,12+,13-,14-/m0/s1. The Bertz CT molecular complexity index is 442. The highest BCUT2D eigenvalue weighted by Gasteiger charge is 2.47. The molecule has 20 heavy (non-hydrogen) atoms. The Hall–Kier alpha value is -1.02. The maximum Gasteiger partial charge on any atom is 0.184 e. The van der Waals surface area contributed by atoms with E-state index in [-0.39, 0.29) is 18.2 Å². The van der Waals surface area contributed by atoms with Crippen molar-refractivity contribution >= 4 is 0 Å². The molecule has 0 saturated carbocycles. The van der Waals surface area contributed by atoms with Gasteiger partial charge in [0.15, 0.2) is 12.6 Å². The molecule has 0 unspecified atom stereocenters. The predicted octanol–water partition coefficient (Wildman–Crippen LogP) is 0.127. The normalized spacial score (nSPS) is 41.1. The second-order valence-electron chi connectivity index (χ2n) is 5.11. The van der Waals surface area contributed by atoms with Gasteiger partial charge in [-0.1, -0.05) is 30.3 Å². The van der Waals surface area contributed by atoms with E-state index in [0.717, 1.165) is 5.56 Å². The Balaban J connectivity index is 1.74. The molecule has 0 aliphatic carbocycles. The lowest BCUT2D eigenvalue weighted by Crippen LogP contribution is -2.67. The fourth-order valence-electron chi connectivity index (χ4n) is 2.66. The van der Waals surface area contributed by atoms with Crippen LogP contribution in [-0.2, 0) is 18.9 Å². The van der Waals surface area contributed by atoms with Crippen molar-refractivity contribution in [1.29, 1.82) is 0 Å².